The Labute approximate surface area is 270 Å². The topological polar surface area (TPSA) is 145 Å². The van der Waals surface area contributed by atoms with Crippen molar-refractivity contribution in [2.24, 2.45) is 0 Å². The molecule has 4 aromatic rings. The van der Waals surface area contributed by atoms with E-state index in [1.54, 1.807) is 20.6 Å². The van der Waals surface area contributed by atoms with Gasteiger partial charge in [0, 0.05) is 66.9 Å². The van der Waals surface area contributed by atoms with Crippen molar-refractivity contribution >= 4 is 66.3 Å². The minimum absolute atomic E-state index is 0.0178. The van der Waals surface area contributed by atoms with E-state index in [9.17, 15) is 14.4 Å². The Hall–Kier alpha value is -3.91. The summed E-state index contributed by atoms with van der Waals surface area (Å²) in [6.07, 6.45) is 4.79. The number of likely N-dealkylation sites (tertiary alicyclic amines) is 1. The highest BCUT2D eigenvalue weighted by atomic mass is 79.9. The molecule has 0 saturated carbocycles. The number of piperidine rings is 1. The van der Waals surface area contributed by atoms with Crippen LogP contribution in [-0.4, -0.2) is 86.6 Å². The van der Waals surface area contributed by atoms with Gasteiger partial charge in [0.15, 0.2) is 0 Å². The number of imidazole rings is 1. The molecule has 0 bridgehead atoms. The molecule has 0 spiro atoms. The lowest BCUT2D eigenvalue weighted by Crippen LogP contribution is -2.57. The van der Waals surface area contributed by atoms with Crippen LogP contribution in [0.5, 0.6) is 0 Å². The number of nitrogens with two attached hydrogens (primary N) is 1. The summed E-state index contributed by atoms with van der Waals surface area (Å²) < 4.78 is 3.23. The summed E-state index contributed by atoms with van der Waals surface area (Å²) in [4.78, 5) is 57.1. The number of halogens is 2. The number of aromatic nitrogens is 4. The van der Waals surface area contributed by atoms with E-state index in [1.165, 1.54) is 6.33 Å². The number of hydrogen-bond acceptors (Lipinski definition) is 7. The number of amides is 3. The first-order chi connectivity index (χ1) is 21.3. The summed E-state index contributed by atoms with van der Waals surface area (Å²) in [7, 11) is 0. The third-order valence-electron chi connectivity index (χ3n) is 8.40. The molecule has 230 valence electrons. The molecule has 2 aliphatic rings. The monoisotopic (exact) mass is 725 g/mol. The van der Waals surface area contributed by atoms with E-state index in [0.717, 1.165) is 22.4 Å². The van der Waals surface area contributed by atoms with Crippen LogP contribution in [0.4, 0.5) is 16.3 Å². The second-order valence-electron chi connectivity index (χ2n) is 11.1. The largest absolute Gasteiger partial charge is 0.397 e. The quantitative estimate of drug-likeness (QED) is 0.258. The number of urea groups is 1. The number of para-hydroxylation sites is 2. The number of H-pyrrole nitrogens is 1. The number of piperazine rings is 1. The average molecular weight is 727 g/mol. The number of fused-ring (bicyclic) bond motifs is 1. The van der Waals surface area contributed by atoms with Crippen molar-refractivity contribution < 1.29 is 9.59 Å². The number of nitrogens with zero attached hydrogens (tertiary/aromatic N) is 6. The Bertz CT molecular complexity index is 1690. The van der Waals surface area contributed by atoms with E-state index in [1.807, 2.05) is 42.5 Å². The molecule has 6 rings (SSSR count). The van der Waals surface area contributed by atoms with E-state index in [2.05, 4.69) is 57.0 Å². The maximum Gasteiger partial charge on any atom is 0.326 e. The molecule has 4 heterocycles. The highest BCUT2D eigenvalue weighted by Gasteiger charge is 2.32. The standard InChI is InChI=1S/C30H33Br2N9O3/c31-21-15-19(16-22(32)27(21)33)17-24(28(42)39-13-11-38(12-14-39)26-5-8-34-18-35-26)37-29(43)40-9-6-20(7-10-40)41-25-4-2-1-3-23(25)36-30(41)44/h1-5,8,15-16,18,20,24H,6-7,9-14,17,33H2,(H,36,44)(H,37,43)/t24-/m1/s1. The average Bonchev–Trinajstić information content (AvgIpc) is 3.39. The molecule has 0 radical (unpaired) electrons. The van der Waals surface area contributed by atoms with Crippen molar-refractivity contribution in [3.63, 3.8) is 0 Å². The SMILES string of the molecule is Nc1c(Br)cc(C[C@@H](NC(=O)N2CCC(n3c(=O)[nH]c4ccccc43)CC2)C(=O)N2CCN(c3ccncn3)CC2)cc1Br. The number of benzene rings is 2. The summed E-state index contributed by atoms with van der Waals surface area (Å²) in [5.41, 5.74) is 9.06. The maximum atomic E-state index is 13.9. The molecule has 12 nitrogen and oxygen atoms in total. The van der Waals surface area contributed by atoms with Crippen molar-refractivity contribution in [1.82, 2.24) is 34.6 Å². The van der Waals surface area contributed by atoms with Crippen LogP contribution in [-0.2, 0) is 11.2 Å². The first kappa shape index (κ1) is 30.1. The smallest absolute Gasteiger partial charge is 0.326 e. The molecular weight excluding hydrogens is 694 g/mol. The third-order valence-corrected chi connectivity index (χ3v) is 9.71. The van der Waals surface area contributed by atoms with Crippen molar-refractivity contribution in [2.75, 3.05) is 49.9 Å². The number of hydrogen-bond donors (Lipinski definition) is 3. The number of aromatic amines is 1. The molecule has 44 heavy (non-hydrogen) atoms. The Morgan fingerprint density at radius 3 is 2.39 bits per heavy atom. The second-order valence-corrected chi connectivity index (χ2v) is 12.8. The van der Waals surface area contributed by atoms with Crippen LogP contribution >= 0.6 is 31.9 Å². The molecule has 2 saturated heterocycles. The number of anilines is 2. The Balaban J connectivity index is 1.14. The number of carbonyl (C=O) groups excluding carboxylic acids is 2. The lowest BCUT2D eigenvalue weighted by Gasteiger charge is -2.38. The molecule has 0 aliphatic carbocycles. The van der Waals surface area contributed by atoms with Crippen molar-refractivity contribution in [3.8, 4) is 0 Å². The lowest BCUT2D eigenvalue weighted by molar-refractivity contribution is -0.133. The van der Waals surface area contributed by atoms with Gasteiger partial charge < -0.3 is 30.7 Å². The van der Waals surface area contributed by atoms with Crippen molar-refractivity contribution in [3.05, 3.63) is 80.0 Å². The normalized spacial score (nSPS) is 16.7. The van der Waals surface area contributed by atoms with Gasteiger partial charge in [-0.2, -0.15) is 0 Å². The predicted molar refractivity (Wildman–Crippen MR) is 176 cm³/mol. The molecule has 0 unspecified atom stereocenters. The summed E-state index contributed by atoms with van der Waals surface area (Å²) in [5, 5.41) is 3.04. The van der Waals surface area contributed by atoms with E-state index >= 15 is 0 Å². The summed E-state index contributed by atoms with van der Waals surface area (Å²) in [6, 6.07) is 12.2. The van der Waals surface area contributed by atoms with Gasteiger partial charge in [-0.25, -0.2) is 19.6 Å². The summed E-state index contributed by atoms with van der Waals surface area (Å²) >= 11 is 6.99. The maximum absolute atomic E-state index is 13.9. The Morgan fingerprint density at radius 2 is 1.70 bits per heavy atom. The van der Waals surface area contributed by atoms with Crippen LogP contribution in [0, 0.1) is 0 Å². The zero-order valence-corrected chi connectivity index (χ0v) is 27.1. The number of nitrogens with one attached hydrogen (secondary N) is 2. The minimum atomic E-state index is -0.774. The van der Waals surface area contributed by atoms with Gasteiger partial charge in [0.2, 0.25) is 5.91 Å². The highest BCUT2D eigenvalue weighted by Crippen LogP contribution is 2.30. The fourth-order valence-corrected chi connectivity index (χ4v) is 7.32. The van der Waals surface area contributed by atoms with Crippen LogP contribution in [0.3, 0.4) is 0 Å². The fraction of sp³-hybridized carbons (Fsp3) is 0.367. The molecule has 3 amide bonds. The molecule has 2 aromatic heterocycles. The van der Waals surface area contributed by atoms with E-state index in [-0.39, 0.29) is 23.7 Å². The molecule has 2 aliphatic heterocycles. The number of carbonyl (C=O) groups is 2. The van der Waals surface area contributed by atoms with Gasteiger partial charge in [-0.05, 0) is 80.6 Å². The van der Waals surface area contributed by atoms with Crippen molar-refractivity contribution in [1.29, 1.82) is 0 Å². The fourth-order valence-electron chi connectivity index (χ4n) is 6.04. The van der Waals surface area contributed by atoms with Crippen LogP contribution in [0.25, 0.3) is 11.0 Å². The van der Waals surface area contributed by atoms with Crippen LogP contribution in [0.2, 0.25) is 0 Å². The van der Waals surface area contributed by atoms with Gasteiger partial charge in [0.05, 0.1) is 16.7 Å². The number of nitrogen functional groups attached to an aromatic ring is 1. The highest BCUT2D eigenvalue weighted by molar-refractivity contribution is 9.11. The van der Waals surface area contributed by atoms with Gasteiger partial charge in [-0.15, -0.1) is 0 Å². The lowest BCUT2D eigenvalue weighted by atomic mass is 10.0. The van der Waals surface area contributed by atoms with E-state index < -0.39 is 6.04 Å². The Morgan fingerprint density at radius 1 is 1.00 bits per heavy atom. The second kappa shape index (κ2) is 13.0. The molecule has 14 heteroatoms. The molecule has 2 aromatic carbocycles. The third kappa shape index (κ3) is 6.32. The van der Waals surface area contributed by atoms with E-state index in [4.69, 9.17) is 5.73 Å². The first-order valence-corrected chi connectivity index (χ1v) is 16.1. The van der Waals surface area contributed by atoms with Gasteiger partial charge in [-0.3, -0.25) is 9.36 Å². The van der Waals surface area contributed by atoms with Crippen LogP contribution in [0.1, 0.15) is 24.4 Å². The van der Waals surface area contributed by atoms with Gasteiger partial charge in [0.25, 0.3) is 0 Å². The molecule has 4 N–H and O–H groups in total. The Kier molecular flexibility index (Phi) is 8.89. The molecule has 1 atom stereocenters. The van der Waals surface area contributed by atoms with Gasteiger partial charge in [0.1, 0.15) is 18.2 Å². The zero-order valence-electron chi connectivity index (χ0n) is 24.0. The molecule has 2 fully saturated rings. The molecular formula is C30H33Br2N9O3. The van der Waals surface area contributed by atoms with E-state index in [0.29, 0.717) is 73.2 Å². The van der Waals surface area contributed by atoms with Gasteiger partial charge in [-0.1, -0.05) is 12.1 Å². The minimum Gasteiger partial charge on any atom is -0.397 e. The summed E-state index contributed by atoms with van der Waals surface area (Å²) in [5.74, 6) is 0.691. The first-order valence-electron chi connectivity index (χ1n) is 14.6. The number of rotatable bonds is 6. The van der Waals surface area contributed by atoms with Crippen LogP contribution < -0.4 is 21.6 Å². The van der Waals surface area contributed by atoms with Gasteiger partial charge >= 0.3 is 11.7 Å². The van der Waals surface area contributed by atoms with Crippen molar-refractivity contribution in [2.45, 2.75) is 31.3 Å². The predicted octanol–water partition coefficient (Wildman–Crippen LogP) is 3.53. The zero-order chi connectivity index (χ0) is 30.8. The summed E-state index contributed by atoms with van der Waals surface area (Å²) in [6.45, 7) is 3.22. The van der Waals surface area contributed by atoms with Crippen LogP contribution in [0.15, 0.2) is 68.7 Å².